The number of ether oxygens (including phenoxy) is 1. The molecule has 0 bridgehead atoms. The summed E-state index contributed by atoms with van der Waals surface area (Å²) >= 11 is 0. The van der Waals surface area contributed by atoms with Crippen LogP contribution in [0.2, 0.25) is 0 Å². The Bertz CT molecular complexity index is 1030. The quantitative estimate of drug-likeness (QED) is 0.660. The first kappa shape index (κ1) is 22.6. The van der Waals surface area contributed by atoms with Crippen molar-refractivity contribution in [2.24, 2.45) is 0 Å². The number of carbonyl (C=O) groups is 1. The predicted molar refractivity (Wildman–Crippen MR) is 118 cm³/mol. The molecule has 0 saturated carbocycles. The van der Waals surface area contributed by atoms with Crippen LogP contribution in [0.25, 0.3) is 0 Å². The van der Waals surface area contributed by atoms with Gasteiger partial charge in [-0.3, -0.25) is 4.79 Å². The first-order valence-electron chi connectivity index (χ1n) is 10.1. The van der Waals surface area contributed by atoms with Gasteiger partial charge in [0.1, 0.15) is 5.75 Å². The second-order valence-electron chi connectivity index (χ2n) is 7.16. The summed E-state index contributed by atoms with van der Waals surface area (Å²) in [4.78, 5) is 17.1. The molecule has 2 aromatic rings. The second-order valence-corrected chi connectivity index (χ2v) is 8.93. The van der Waals surface area contributed by atoms with E-state index in [9.17, 15) is 13.2 Å². The number of carbonyl (C=O) groups excluding carboxylic acids is 1. The molecule has 0 aromatic heterocycles. The fourth-order valence-corrected chi connectivity index (χ4v) is 4.49. The van der Waals surface area contributed by atoms with Crippen molar-refractivity contribution in [2.75, 3.05) is 44.7 Å². The Morgan fingerprint density at radius 2 is 1.77 bits per heavy atom. The topological polar surface area (TPSA) is 103 Å². The molecule has 1 aliphatic heterocycles. The summed E-state index contributed by atoms with van der Waals surface area (Å²) in [6.45, 7) is 2.84. The highest BCUT2D eigenvalue weighted by Crippen LogP contribution is 2.21. The number of hydrogen-bond donors (Lipinski definition) is 1. The Morgan fingerprint density at radius 3 is 2.42 bits per heavy atom. The molecule has 0 radical (unpaired) electrons. The minimum absolute atomic E-state index is 0.0536. The van der Waals surface area contributed by atoms with Crippen molar-refractivity contribution in [3.8, 4) is 11.8 Å². The Kier molecular flexibility index (Phi) is 7.50. The highest BCUT2D eigenvalue weighted by Gasteiger charge is 2.21. The van der Waals surface area contributed by atoms with Crippen molar-refractivity contribution in [3.63, 3.8) is 0 Å². The molecule has 9 heteroatoms. The van der Waals surface area contributed by atoms with Crippen molar-refractivity contribution in [1.82, 2.24) is 9.62 Å². The standard InChI is InChI=1S/C22H26N4O4S/c1-30-20-8-6-19(7-9-20)25-14-3-15-26(17-16-25)22(27)18-4-10-21(11-5-18)31(28,29)24-13-2-12-23/h4-11,24H,2-3,13-17H2,1H3. The third-order valence-corrected chi connectivity index (χ3v) is 6.64. The van der Waals surface area contributed by atoms with Crippen molar-refractivity contribution >= 4 is 21.6 Å². The minimum atomic E-state index is -3.69. The summed E-state index contributed by atoms with van der Waals surface area (Å²) in [5.74, 6) is 0.694. The number of methoxy groups -OCH3 is 1. The molecule has 1 heterocycles. The SMILES string of the molecule is COc1ccc(N2CCCN(C(=O)c3ccc(S(=O)(=O)NCCC#N)cc3)CC2)cc1. The van der Waals surface area contributed by atoms with E-state index in [0.717, 1.165) is 24.4 Å². The van der Waals surface area contributed by atoms with Crippen LogP contribution >= 0.6 is 0 Å². The number of amides is 1. The Labute approximate surface area is 183 Å². The van der Waals surface area contributed by atoms with Crippen molar-refractivity contribution in [2.45, 2.75) is 17.7 Å². The van der Waals surface area contributed by atoms with Crippen molar-refractivity contribution in [1.29, 1.82) is 5.26 Å². The highest BCUT2D eigenvalue weighted by molar-refractivity contribution is 7.89. The normalized spacial score (nSPS) is 14.6. The molecule has 164 valence electrons. The number of benzene rings is 2. The number of nitrogens with one attached hydrogen (secondary N) is 1. The largest absolute Gasteiger partial charge is 0.497 e. The molecule has 31 heavy (non-hydrogen) atoms. The second kappa shape index (κ2) is 10.3. The summed E-state index contributed by atoms with van der Waals surface area (Å²) in [5.41, 5.74) is 1.54. The maximum Gasteiger partial charge on any atom is 0.253 e. The molecule has 3 rings (SSSR count). The number of nitrogens with zero attached hydrogens (tertiary/aromatic N) is 3. The molecule has 1 saturated heterocycles. The fraction of sp³-hybridized carbons (Fsp3) is 0.364. The van der Waals surface area contributed by atoms with E-state index < -0.39 is 10.0 Å². The van der Waals surface area contributed by atoms with Gasteiger partial charge in [-0.1, -0.05) is 0 Å². The molecule has 1 amide bonds. The molecule has 1 N–H and O–H groups in total. The van der Waals surface area contributed by atoms with Crippen LogP contribution in [-0.2, 0) is 10.0 Å². The third kappa shape index (κ3) is 5.75. The van der Waals surface area contributed by atoms with E-state index in [2.05, 4.69) is 9.62 Å². The first-order valence-corrected chi connectivity index (χ1v) is 11.6. The van der Waals surface area contributed by atoms with Crippen LogP contribution in [0.15, 0.2) is 53.4 Å². The number of nitriles is 1. The Hall–Kier alpha value is -3.09. The van der Waals surface area contributed by atoms with Gasteiger partial charge in [-0.15, -0.1) is 0 Å². The lowest BCUT2D eigenvalue weighted by atomic mass is 10.2. The average Bonchev–Trinajstić information content (AvgIpc) is 3.05. The molecule has 0 aliphatic carbocycles. The van der Waals surface area contributed by atoms with Crippen LogP contribution in [0, 0.1) is 11.3 Å². The fourth-order valence-electron chi connectivity index (χ4n) is 3.46. The number of rotatable bonds is 7. The van der Waals surface area contributed by atoms with Crippen LogP contribution in [0.5, 0.6) is 5.75 Å². The van der Waals surface area contributed by atoms with Gasteiger partial charge in [0.2, 0.25) is 10.0 Å². The number of hydrogen-bond acceptors (Lipinski definition) is 6. The molecule has 8 nitrogen and oxygen atoms in total. The lowest BCUT2D eigenvalue weighted by Crippen LogP contribution is -2.35. The lowest BCUT2D eigenvalue weighted by Gasteiger charge is -2.24. The van der Waals surface area contributed by atoms with E-state index in [1.807, 2.05) is 30.3 Å². The van der Waals surface area contributed by atoms with E-state index in [0.29, 0.717) is 25.2 Å². The van der Waals surface area contributed by atoms with Gasteiger partial charge in [-0.2, -0.15) is 5.26 Å². The van der Waals surface area contributed by atoms with Crippen LogP contribution in [0.3, 0.4) is 0 Å². The molecule has 0 atom stereocenters. The monoisotopic (exact) mass is 442 g/mol. The number of anilines is 1. The summed E-state index contributed by atoms with van der Waals surface area (Å²) < 4.78 is 32.0. The molecule has 1 fully saturated rings. The van der Waals surface area contributed by atoms with E-state index in [4.69, 9.17) is 10.00 Å². The van der Waals surface area contributed by atoms with Crippen molar-refractivity contribution < 1.29 is 17.9 Å². The maximum atomic E-state index is 12.9. The summed E-state index contributed by atoms with van der Waals surface area (Å²) in [7, 11) is -2.05. The van der Waals surface area contributed by atoms with Gasteiger partial charge in [0.05, 0.1) is 18.1 Å². The van der Waals surface area contributed by atoms with Gasteiger partial charge >= 0.3 is 0 Å². The van der Waals surface area contributed by atoms with Gasteiger partial charge < -0.3 is 14.5 Å². The number of sulfonamides is 1. The summed E-state index contributed by atoms with van der Waals surface area (Å²) in [6, 6.07) is 15.7. The third-order valence-electron chi connectivity index (χ3n) is 5.16. The van der Waals surface area contributed by atoms with E-state index in [1.165, 1.54) is 24.3 Å². The molecule has 2 aromatic carbocycles. The van der Waals surface area contributed by atoms with Gasteiger partial charge in [-0.25, -0.2) is 13.1 Å². The van der Waals surface area contributed by atoms with Crippen molar-refractivity contribution in [3.05, 3.63) is 54.1 Å². The maximum absolute atomic E-state index is 12.9. The summed E-state index contributed by atoms with van der Waals surface area (Å²) in [6.07, 6.45) is 0.936. The van der Waals surface area contributed by atoms with Crippen LogP contribution < -0.4 is 14.4 Å². The molecular weight excluding hydrogens is 416 g/mol. The molecular formula is C22H26N4O4S. The van der Waals surface area contributed by atoms with Crippen LogP contribution in [-0.4, -0.2) is 59.1 Å². The molecule has 0 unspecified atom stereocenters. The molecule has 1 aliphatic rings. The zero-order valence-corrected chi connectivity index (χ0v) is 18.3. The van der Waals surface area contributed by atoms with E-state index >= 15 is 0 Å². The van der Waals surface area contributed by atoms with E-state index in [-0.39, 0.29) is 23.8 Å². The van der Waals surface area contributed by atoms with Gasteiger partial charge in [-0.05, 0) is 55.0 Å². The smallest absolute Gasteiger partial charge is 0.253 e. The lowest BCUT2D eigenvalue weighted by molar-refractivity contribution is 0.0767. The zero-order valence-electron chi connectivity index (χ0n) is 17.5. The van der Waals surface area contributed by atoms with Gasteiger partial charge in [0.25, 0.3) is 5.91 Å². The van der Waals surface area contributed by atoms with Gasteiger partial charge in [0, 0.05) is 50.4 Å². The van der Waals surface area contributed by atoms with Crippen LogP contribution in [0.4, 0.5) is 5.69 Å². The Balaban J connectivity index is 1.63. The predicted octanol–water partition coefficient (Wildman–Crippen LogP) is 2.24. The highest BCUT2D eigenvalue weighted by atomic mass is 32.2. The molecule has 0 spiro atoms. The summed E-state index contributed by atoms with van der Waals surface area (Å²) in [5, 5.41) is 8.54. The van der Waals surface area contributed by atoms with E-state index in [1.54, 1.807) is 12.0 Å². The van der Waals surface area contributed by atoms with Gasteiger partial charge in [0.15, 0.2) is 0 Å². The minimum Gasteiger partial charge on any atom is -0.497 e. The Morgan fingerprint density at radius 1 is 1.06 bits per heavy atom. The average molecular weight is 443 g/mol. The van der Waals surface area contributed by atoms with Crippen LogP contribution in [0.1, 0.15) is 23.2 Å². The first-order chi connectivity index (χ1) is 14.9. The zero-order chi connectivity index (χ0) is 22.3.